The molecular formula is C18H34N2. The average molecular weight is 278 g/mol. The van der Waals surface area contributed by atoms with Gasteiger partial charge >= 0.3 is 0 Å². The van der Waals surface area contributed by atoms with Crippen molar-refractivity contribution in [1.29, 1.82) is 0 Å². The lowest BCUT2D eigenvalue weighted by Gasteiger charge is -2.47. The van der Waals surface area contributed by atoms with E-state index in [1.165, 1.54) is 70.6 Å². The number of allylic oxidation sites excluding steroid dienone is 1. The van der Waals surface area contributed by atoms with Crippen molar-refractivity contribution >= 4 is 0 Å². The van der Waals surface area contributed by atoms with Crippen LogP contribution in [0.1, 0.15) is 70.6 Å². The molecule has 0 bridgehead atoms. The van der Waals surface area contributed by atoms with Gasteiger partial charge in [0.25, 0.3) is 0 Å². The van der Waals surface area contributed by atoms with Crippen LogP contribution >= 0.6 is 0 Å². The Kier molecular flexibility index (Phi) is 6.10. The van der Waals surface area contributed by atoms with Crippen LogP contribution in [-0.4, -0.2) is 37.6 Å². The highest BCUT2D eigenvalue weighted by atomic mass is 15.2. The third-order valence-corrected chi connectivity index (χ3v) is 5.63. The minimum absolute atomic E-state index is 0.335. The lowest BCUT2D eigenvalue weighted by molar-refractivity contribution is 0.0961. The molecule has 0 aromatic heterocycles. The van der Waals surface area contributed by atoms with Crippen molar-refractivity contribution in [3.05, 3.63) is 11.6 Å². The molecule has 2 aliphatic rings. The fraction of sp³-hybridized carbons (Fsp3) is 0.889. The van der Waals surface area contributed by atoms with Gasteiger partial charge in [-0.1, -0.05) is 43.8 Å². The summed E-state index contributed by atoms with van der Waals surface area (Å²) in [5, 5.41) is 3.71. The first-order valence-corrected chi connectivity index (χ1v) is 8.74. The van der Waals surface area contributed by atoms with E-state index in [0.717, 1.165) is 0 Å². The van der Waals surface area contributed by atoms with Crippen LogP contribution in [0.5, 0.6) is 0 Å². The molecule has 2 aliphatic carbocycles. The first-order valence-electron chi connectivity index (χ1n) is 8.74. The number of rotatable bonds is 4. The zero-order chi connectivity index (χ0) is 14.4. The lowest BCUT2D eigenvalue weighted by atomic mass is 9.76. The van der Waals surface area contributed by atoms with Gasteiger partial charge in [-0.25, -0.2) is 0 Å². The molecule has 1 atom stereocenters. The highest BCUT2D eigenvalue weighted by Gasteiger charge is 2.41. The molecule has 1 N–H and O–H groups in total. The summed E-state index contributed by atoms with van der Waals surface area (Å²) in [7, 11) is 6.77. The Hall–Kier alpha value is -0.340. The minimum Gasteiger partial charge on any atom is -0.312 e. The van der Waals surface area contributed by atoms with E-state index >= 15 is 0 Å². The van der Waals surface area contributed by atoms with Gasteiger partial charge in [-0.3, -0.25) is 0 Å². The predicted molar refractivity (Wildman–Crippen MR) is 88.1 cm³/mol. The van der Waals surface area contributed by atoms with E-state index in [1.807, 2.05) is 0 Å². The maximum absolute atomic E-state index is 3.71. The normalized spacial score (nSPS) is 25.7. The molecule has 0 aliphatic heterocycles. The second-order valence-corrected chi connectivity index (χ2v) is 7.01. The topological polar surface area (TPSA) is 15.3 Å². The Morgan fingerprint density at radius 1 is 1.00 bits per heavy atom. The molecule has 0 aromatic carbocycles. The van der Waals surface area contributed by atoms with E-state index in [0.29, 0.717) is 11.6 Å². The fourth-order valence-electron chi connectivity index (χ4n) is 4.44. The van der Waals surface area contributed by atoms with Crippen LogP contribution in [0.3, 0.4) is 0 Å². The maximum atomic E-state index is 3.71. The van der Waals surface area contributed by atoms with Crippen LogP contribution in [0.2, 0.25) is 0 Å². The molecular weight excluding hydrogens is 244 g/mol. The van der Waals surface area contributed by atoms with Crippen molar-refractivity contribution in [2.75, 3.05) is 21.1 Å². The molecule has 2 heteroatoms. The molecule has 1 fully saturated rings. The van der Waals surface area contributed by atoms with Crippen LogP contribution < -0.4 is 5.32 Å². The molecule has 1 saturated carbocycles. The highest BCUT2D eigenvalue weighted by molar-refractivity contribution is 5.20. The standard InChI is InChI=1S/C18H34N2/c1-19-17(16-12-8-4-5-9-13-16)18(20(2)3)14-10-6-7-11-15-18/h12,17,19H,4-11,13-15H2,1-3H3. The van der Waals surface area contributed by atoms with E-state index in [2.05, 4.69) is 37.4 Å². The third-order valence-electron chi connectivity index (χ3n) is 5.63. The van der Waals surface area contributed by atoms with Crippen molar-refractivity contribution in [1.82, 2.24) is 10.2 Å². The number of nitrogens with one attached hydrogen (secondary N) is 1. The van der Waals surface area contributed by atoms with Crippen LogP contribution in [0.4, 0.5) is 0 Å². The van der Waals surface area contributed by atoms with Crippen molar-refractivity contribution in [2.45, 2.75) is 82.2 Å². The molecule has 0 saturated heterocycles. The number of hydrogen-bond donors (Lipinski definition) is 1. The summed E-state index contributed by atoms with van der Waals surface area (Å²) >= 11 is 0. The fourth-order valence-corrected chi connectivity index (χ4v) is 4.44. The summed E-state index contributed by atoms with van der Waals surface area (Å²) in [5.41, 5.74) is 2.03. The van der Waals surface area contributed by atoms with Gasteiger partial charge in [-0.15, -0.1) is 0 Å². The van der Waals surface area contributed by atoms with Gasteiger partial charge in [0.2, 0.25) is 0 Å². The molecule has 0 amide bonds. The molecule has 2 nitrogen and oxygen atoms in total. The van der Waals surface area contributed by atoms with Crippen LogP contribution in [0.15, 0.2) is 11.6 Å². The van der Waals surface area contributed by atoms with Gasteiger partial charge in [0.15, 0.2) is 0 Å². The van der Waals surface area contributed by atoms with Crippen LogP contribution in [0.25, 0.3) is 0 Å². The zero-order valence-electron chi connectivity index (χ0n) is 13.9. The monoisotopic (exact) mass is 278 g/mol. The van der Waals surface area contributed by atoms with Gasteiger partial charge in [0, 0.05) is 11.6 Å². The van der Waals surface area contributed by atoms with Crippen molar-refractivity contribution in [3.63, 3.8) is 0 Å². The number of nitrogens with zero attached hydrogens (tertiary/aromatic N) is 1. The summed E-state index contributed by atoms with van der Waals surface area (Å²) in [6, 6.07) is 0.550. The SMILES string of the molecule is CNC(C1=CCCCCC1)C1(N(C)C)CCCCCC1. The van der Waals surface area contributed by atoms with Gasteiger partial charge in [-0.2, -0.15) is 0 Å². The average Bonchev–Trinajstić information content (AvgIpc) is 2.83. The second-order valence-electron chi connectivity index (χ2n) is 7.01. The molecule has 0 spiro atoms. The Bertz CT molecular complexity index is 311. The van der Waals surface area contributed by atoms with E-state index in [9.17, 15) is 0 Å². The summed E-state index contributed by atoms with van der Waals surface area (Å²) < 4.78 is 0. The largest absolute Gasteiger partial charge is 0.312 e. The third kappa shape index (κ3) is 3.46. The van der Waals surface area contributed by atoms with Crippen molar-refractivity contribution in [3.8, 4) is 0 Å². The van der Waals surface area contributed by atoms with Gasteiger partial charge in [-0.05, 0) is 59.7 Å². The molecule has 0 heterocycles. The zero-order valence-corrected chi connectivity index (χ0v) is 13.9. The lowest BCUT2D eigenvalue weighted by Crippen LogP contribution is -2.59. The Morgan fingerprint density at radius 2 is 1.65 bits per heavy atom. The van der Waals surface area contributed by atoms with Crippen molar-refractivity contribution < 1.29 is 0 Å². The van der Waals surface area contributed by atoms with Crippen LogP contribution in [-0.2, 0) is 0 Å². The Morgan fingerprint density at radius 3 is 2.25 bits per heavy atom. The van der Waals surface area contributed by atoms with Crippen LogP contribution in [0, 0.1) is 0 Å². The quantitative estimate of drug-likeness (QED) is 0.615. The van der Waals surface area contributed by atoms with E-state index in [4.69, 9.17) is 0 Å². The molecule has 0 aromatic rings. The molecule has 116 valence electrons. The smallest absolute Gasteiger partial charge is 0.0463 e. The number of hydrogen-bond acceptors (Lipinski definition) is 2. The van der Waals surface area contributed by atoms with Gasteiger partial charge in [0.1, 0.15) is 0 Å². The summed E-state index contributed by atoms with van der Waals surface area (Å²) in [6.45, 7) is 0. The molecule has 0 radical (unpaired) electrons. The minimum atomic E-state index is 0.335. The second kappa shape index (κ2) is 7.61. The summed E-state index contributed by atoms with van der Waals surface area (Å²) in [5.74, 6) is 0. The summed E-state index contributed by atoms with van der Waals surface area (Å²) in [4.78, 5) is 2.53. The van der Waals surface area contributed by atoms with E-state index in [-0.39, 0.29) is 0 Å². The molecule has 1 unspecified atom stereocenters. The van der Waals surface area contributed by atoms with E-state index < -0.39 is 0 Å². The number of likely N-dealkylation sites (N-methyl/N-ethyl adjacent to an activating group) is 2. The van der Waals surface area contributed by atoms with Gasteiger partial charge < -0.3 is 10.2 Å². The maximum Gasteiger partial charge on any atom is 0.0463 e. The highest BCUT2D eigenvalue weighted by Crippen LogP contribution is 2.38. The molecule has 2 rings (SSSR count). The first kappa shape index (κ1) is 16.0. The van der Waals surface area contributed by atoms with Gasteiger partial charge in [0.05, 0.1) is 0 Å². The predicted octanol–water partition coefficient (Wildman–Crippen LogP) is 4.12. The first-order chi connectivity index (χ1) is 9.70. The van der Waals surface area contributed by atoms with Crippen molar-refractivity contribution in [2.24, 2.45) is 0 Å². The summed E-state index contributed by atoms with van der Waals surface area (Å²) in [6.07, 6.45) is 17.7. The Labute approximate surface area is 126 Å². The molecule has 20 heavy (non-hydrogen) atoms. The Balaban J connectivity index is 2.25. The van der Waals surface area contributed by atoms with E-state index in [1.54, 1.807) is 5.57 Å².